The lowest BCUT2D eigenvalue weighted by molar-refractivity contribution is 0.432. The van der Waals surface area contributed by atoms with Crippen LogP contribution in [0.3, 0.4) is 0 Å². The topological polar surface area (TPSA) is 32.3 Å². The Morgan fingerprint density at radius 1 is 1.18 bits per heavy atom. The molecule has 0 aromatic heterocycles. The van der Waals surface area contributed by atoms with E-state index in [0.717, 1.165) is 5.56 Å². The van der Waals surface area contributed by atoms with E-state index in [1.54, 1.807) is 12.1 Å². The molecule has 0 heterocycles. The summed E-state index contributed by atoms with van der Waals surface area (Å²) in [5, 5.41) is 12.7. The first-order valence-corrected chi connectivity index (χ1v) is 5.50. The summed E-state index contributed by atoms with van der Waals surface area (Å²) < 4.78 is 13.1. The van der Waals surface area contributed by atoms with Crippen molar-refractivity contribution in [2.24, 2.45) is 0 Å². The minimum absolute atomic E-state index is 0.353. The van der Waals surface area contributed by atoms with Gasteiger partial charge in [-0.05, 0) is 23.8 Å². The zero-order valence-electron chi connectivity index (χ0n) is 8.95. The summed E-state index contributed by atoms with van der Waals surface area (Å²) in [7, 11) is 0. The minimum atomic E-state index is -0.644. The Labute approximate surface area is 104 Å². The maximum absolute atomic E-state index is 13.1. The van der Waals surface area contributed by atoms with E-state index in [1.165, 1.54) is 12.1 Å². The van der Waals surface area contributed by atoms with Gasteiger partial charge in [-0.25, -0.2) is 4.39 Å². The molecule has 0 spiro atoms. The maximum Gasteiger partial charge on any atom is 0.166 e. The molecule has 0 aliphatic carbocycles. The van der Waals surface area contributed by atoms with Crippen LogP contribution in [0.15, 0.2) is 42.5 Å². The average Bonchev–Trinajstić information content (AvgIpc) is 2.32. The fourth-order valence-electron chi connectivity index (χ4n) is 1.46. The fraction of sp³-hybridized carbons (Fsp3) is 0.0769. The Morgan fingerprint density at radius 3 is 2.65 bits per heavy atom. The molecule has 0 saturated carbocycles. The number of halogens is 2. The normalized spacial score (nSPS) is 10.2. The van der Waals surface area contributed by atoms with Gasteiger partial charge in [0, 0.05) is 23.3 Å². The van der Waals surface area contributed by atoms with Crippen LogP contribution < -0.4 is 5.32 Å². The highest BCUT2D eigenvalue weighted by molar-refractivity contribution is 6.31. The second-order valence-electron chi connectivity index (χ2n) is 3.61. The van der Waals surface area contributed by atoms with E-state index >= 15 is 0 Å². The van der Waals surface area contributed by atoms with Crippen LogP contribution in [0, 0.1) is 5.82 Å². The van der Waals surface area contributed by atoms with Crippen LogP contribution >= 0.6 is 11.6 Å². The smallest absolute Gasteiger partial charge is 0.166 e. The average molecular weight is 252 g/mol. The standard InChI is InChI=1S/C13H11ClFNO/c14-11-4-2-1-3-9(11)8-16-10-5-6-13(17)12(15)7-10/h1-7,16-17H,8H2. The van der Waals surface area contributed by atoms with Gasteiger partial charge in [-0.2, -0.15) is 0 Å². The third-order valence-corrected chi connectivity index (χ3v) is 2.76. The summed E-state index contributed by atoms with van der Waals surface area (Å²) in [6.45, 7) is 0.504. The Balaban J connectivity index is 2.08. The van der Waals surface area contributed by atoms with Crippen LogP contribution in [0.4, 0.5) is 10.1 Å². The fourth-order valence-corrected chi connectivity index (χ4v) is 1.66. The lowest BCUT2D eigenvalue weighted by atomic mass is 10.2. The van der Waals surface area contributed by atoms with E-state index in [9.17, 15) is 4.39 Å². The summed E-state index contributed by atoms with van der Waals surface area (Å²) in [6, 6.07) is 11.6. The monoisotopic (exact) mass is 251 g/mol. The summed E-state index contributed by atoms with van der Waals surface area (Å²) in [6.07, 6.45) is 0. The van der Waals surface area contributed by atoms with Gasteiger partial charge in [-0.15, -0.1) is 0 Å². The molecule has 0 atom stereocenters. The first kappa shape index (κ1) is 11.7. The molecule has 0 radical (unpaired) electrons. The molecule has 0 amide bonds. The summed E-state index contributed by atoms with van der Waals surface area (Å²) in [5.74, 6) is -0.998. The van der Waals surface area contributed by atoms with Crippen LogP contribution in [0.1, 0.15) is 5.56 Å². The molecule has 2 N–H and O–H groups in total. The third-order valence-electron chi connectivity index (χ3n) is 2.39. The molecule has 17 heavy (non-hydrogen) atoms. The van der Waals surface area contributed by atoms with Crippen molar-refractivity contribution in [3.8, 4) is 5.75 Å². The number of rotatable bonds is 3. The van der Waals surface area contributed by atoms with Crippen molar-refractivity contribution in [3.63, 3.8) is 0 Å². The van der Waals surface area contributed by atoms with Crippen molar-refractivity contribution in [2.75, 3.05) is 5.32 Å². The molecule has 0 aliphatic rings. The molecule has 2 aromatic carbocycles. The number of benzene rings is 2. The van der Waals surface area contributed by atoms with Crippen molar-refractivity contribution in [1.82, 2.24) is 0 Å². The minimum Gasteiger partial charge on any atom is -0.505 e. The zero-order valence-corrected chi connectivity index (χ0v) is 9.71. The molecule has 0 fully saturated rings. The molecule has 2 nitrogen and oxygen atoms in total. The first-order valence-electron chi connectivity index (χ1n) is 5.12. The van der Waals surface area contributed by atoms with Gasteiger partial charge in [0.1, 0.15) is 0 Å². The largest absolute Gasteiger partial charge is 0.505 e. The Morgan fingerprint density at radius 2 is 1.94 bits per heavy atom. The quantitative estimate of drug-likeness (QED) is 0.814. The molecule has 0 aliphatic heterocycles. The van der Waals surface area contributed by atoms with Crippen molar-refractivity contribution < 1.29 is 9.50 Å². The van der Waals surface area contributed by atoms with Crippen LogP contribution in [0.2, 0.25) is 5.02 Å². The van der Waals surface area contributed by atoms with Crippen molar-refractivity contribution in [2.45, 2.75) is 6.54 Å². The van der Waals surface area contributed by atoms with Crippen molar-refractivity contribution in [3.05, 3.63) is 58.9 Å². The number of nitrogens with one attached hydrogen (secondary N) is 1. The number of phenols is 1. The molecule has 0 unspecified atom stereocenters. The van der Waals surface area contributed by atoms with Crippen molar-refractivity contribution >= 4 is 17.3 Å². The Hall–Kier alpha value is -1.74. The highest BCUT2D eigenvalue weighted by Crippen LogP contribution is 2.21. The maximum atomic E-state index is 13.1. The molecule has 4 heteroatoms. The Kier molecular flexibility index (Phi) is 3.49. The zero-order chi connectivity index (χ0) is 12.3. The van der Waals surface area contributed by atoms with Gasteiger partial charge in [-0.3, -0.25) is 0 Å². The van der Waals surface area contributed by atoms with Crippen molar-refractivity contribution in [1.29, 1.82) is 0 Å². The molecular formula is C13H11ClFNO. The van der Waals surface area contributed by atoms with Gasteiger partial charge in [0.2, 0.25) is 0 Å². The number of hydrogen-bond acceptors (Lipinski definition) is 2. The second-order valence-corrected chi connectivity index (χ2v) is 4.02. The predicted octanol–water partition coefficient (Wildman–Crippen LogP) is 3.80. The van der Waals surface area contributed by atoms with Crippen LogP contribution in [0.25, 0.3) is 0 Å². The summed E-state index contributed by atoms with van der Waals surface area (Å²) in [4.78, 5) is 0. The highest BCUT2D eigenvalue weighted by atomic mass is 35.5. The number of phenolic OH excluding ortho intramolecular Hbond substituents is 1. The van der Waals surface area contributed by atoms with Gasteiger partial charge in [-0.1, -0.05) is 29.8 Å². The summed E-state index contributed by atoms with van der Waals surface area (Å²) in [5.41, 5.74) is 1.53. The first-order chi connectivity index (χ1) is 8.16. The van der Waals surface area contributed by atoms with E-state index in [0.29, 0.717) is 17.3 Å². The Bertz CT molecular complexity index is 531. The highest BCUT2D eigenvalue weighted by Gasteiger charge is 2.02. The van der Waals surface area contributed by atoms with Gasteiger partial charge in [0.15, 0.2) is 11.6 Å². The lowest BCUT2D eigenvalue weighted by Gasteiger charge is -2.08. The van der Waals surface area contributed by atoms with E-state index in [-0.39, 0.29) is 5.75 Å². The third kappa shape index (κ3) is 2.88. The van der Waals surface area contributed by atoms with Gasteiger partial charge < -0.3 is 10.4 Å². The van der Waals surface area contributed by atoms with Gasteiger partial charge in [0.05, 0.1) is 0 Å². The van der Waals surface area contributed by atoms with Gasteiger partial charge >= 0.3 is 0 Å². The molecule has 88 valence electrons. The number of anilines is 1. The lowest BCUT2D eigenvalue weighted by Crippen LogP contribution is -2.00. The van der Waals surface area contributed by atoms with E-state index in [2.05, 4.69) is 5.32 Å². The van der Waals surface area contributed by atoms with Crippen LogP contribution in [0.5, 0.6) is 5.75 Å². The van der Waals surface area contributed by atoms with E-state index in [4.69, 9.17) is 16.7 Å². The van der Waals surface area contributed by atoms with Gasteiger partial charge in [0.25, 0.3) is 0 Å². The molecule has 0 bridgehead atoms. The number of hydrogen-bond donors (Lipinski definition) is 2. The van der Waals surface area contributed by atoms with Crippen LogP contribution in [-0.2, 0) is 6.54 Å². The molecule has 2 rings (SSSR count). The number of aromatic hydroxyl groups is 1. The van der Waals surface area contributed by atoms with E-state index < -0.39 is 5.82 Å². The summed E-state index contributed by atoms with van der Waals surface area (Å²) >= 11 is 5.99. The molecular weight excluding hydrogens is 241 g/mol. The molecule has 0 saturated heterocycles. The predicted molar refractivity (Wildman–Crippen MR) is 66.8 cm³/mol. The van der Waals surface area contributed by atoms with E-state index in [1.807, 2.05) is 18.2 Å². The SMILES string of the molecule is Oc1ccc(NCc2ccccc2Cl)cc1F. The molecule has 2 aromatic rings. The van der Waals surface area contributed by atoms with Crippen LogP contribution in [-0.4, -0.2) is 5.11 Å². The second kappa shape index (κ2) is 5.06.